The van der Waals surface area contributed by atoms with Crippen molar-refractivity contribution in [3.05, 3.63) is 34.3 Å². The van der Waals surface area contributed by atoms with Crippen molar-refractivity contribution in [1.29, 1.82) is 0 Å². The Hall–Kier alpha value is -1.55. The van der Waals surface area contributed by atoms with Gasteiger partial charge in [0, 0.05) is 12.6 Å². The lowest BCUT2D eigenvalue weighted by atomic mass is 10.0. The smallest absolute Gasteiger partial charge is 0.408 e. The number of hydrogen-bond acceptors (Lipinski definition) is 3. The molecule has 4 heteroatoms. The standard InChI is InChI=1S/C15H22N2O2/c1-3-5-6-12(16)11-7-8-13-14(10-11)19-15(18)17(13)9-4-2/h7-8,10,12H,3-6,9,16H2,1-2H3. The first-order valence-electron chi connectivity index (χ1n) is 7.06. The fourth-order valence-electron chi connectivity index (χ4n) is 2.34. The highest BCUT2D eigenvalue weighted by Crippen LogP contribution is 2.22. The van der Waals surface area contributed by atoms with E-state index in [2.05, 4.69) is 6.92 Å². The van der Waals surface area contributed by atoms with Crippen LogP contribution < -0.4 is 11.5 Å². The van der Waals surface area contributed by atoms with Gasteiger partial charge < -0.3 is 10.2 Å². The fraction of sp³-hybridized carbons (Fsp3) is 0.533. The van der Waals surface area contributed by atoms with Gasteiger partial charge in [0.1, 0.15) is 0 Å². The van der Waals surface area contributed by atoms with Crippen LogP contribution in [-0.2, 0) is 6.54 Å². The molecule has 0 bridgehead atoms. The molecule has 1 atom stereocenters. The van der Waals surface area contributed by atoms with Gasteiger partial charge in [-0.25, -0.2) is 4.79 Å². The fourth-order valence-corrected chi connectivity index (χ4v) is 2.34. The van der Waals surface area contributed by atoms with Gasteiger partial charge in [0.2, 0.25) is 0 Å². The van der Waals surface area contributed by atoms with E-state index < -0.39 is 0 Å². The van der Waals surface area contributed by atoms with E-state index in [1.807, 2.05) is 25.1 Å². The molecule has 0 aliphatic rings. The van der Waals surface area contributed by atoms with E-state index >= 15 is 0 Å². The number of benzene rings is 1. The second-order valence-corrected chi connectivity index (χ2v) is 5.00. The lowest BCUT2D eigenvalue weighted by molar-refractivity contribution is 0.502. The highest BCUT2D eigenvalue weighted by molar-refractivity contribution is 5.73. The average molecular weight is 262 g/mol. The van der Waals surface area contributed by atoms with Crippen LogP contribution in [0, 0.1) is 0 Å². The summed E-state index contributed by atoms with van der Waals surface area (Å²) < 4.78 is 6.98. The Balaban J connectivity index is 2.34. The molecule has 1 aromatic heterocycles. The predicted molar refractivity (Wildman–Crippen MR) is 77.2 cm³/mol. The molecule has 104 valence electrons. The molecule has 1 aromatic carbocycles. The maximum atomic E-state index is 11.7. The Morgan fingerprint density at radius 3 is 2.79 bits per heavy atom. The topological polar surface area (TPSA) is 61.2 Å². The quantitative estimate of drug-likeness (QED) is 0.869. The predicted octanol–water partition coefficient (Wildman–Crippen LogP) is 3.19. The third-order valence-corrected chi connectivity index (χ3v) is 3.44. The minimum absolute atomic E-state index is 0.0178. The molecule has 2 aromatic rings. The summed E-state index contributed by atoms with van der Waals surface area (Å²) in [5.74, 6) is -0.281. The van der Waals surface area contributed by atoms with Crippen LogP contribution in [0.2, 0.25) is 0 Å². The maximum absolute atomic E-state index is 11.7. The second kappa shape index (κ2) is 6.06. The number of fused-ring (bicyclic) bond motifs is 1. The third kappa shape index (κ3) is 2.89. The first-order valence-corrected chi connectivity index (χ1v) is 7.06. The van der Waals surface area contributed by atoms with E-state index in [0.717, 1.165) is 36.8 Å². The second-order valence-electron chi connectivity index (χ2n) is 5.00. The highest BCUT2D eigenvalue weighted by atomic mass is 16.4. The van der Waals surface area contributed by atoms with Gasteiger partial charge in [-0.2, -0.15) is 0 Å². The summed E-state index contributed by atoms with van der Waals surface area (Å²) in [6, 6.07) is 5.87. The molecule has 0 spiro atoms. The van der Waals surface area contributed by atoms with Crippen LogP contribution in [0.3, 0.4) is 0 Å². The third-order valence-electron chi connectivity index (χ3n) is 3.44. The Kier molecular flexibility index (Phi) is 4.43. The number of nitrogens with zero attached hydrogens (tertiary/aromatic N) is 1. The van der Waals surface area contributed by atoms with Crippen molar-refractivity contribution >= 4 is 11.1 Å². The van der Waals surface area contributed by atoms with E-state index in [4.69, 9.17) is 10.2 Å². The van der Waals surface area contributed by atoms with E-state index in [9.17, 15) is 4.79 Å². The van der Waals surface area contributed by atoms with Crippen molar-refractivity contribution in [3.8, 4) is 0 Å². The normalized spacial score (nSPS) is 13.0. The zero-order valence-corrected chi connectivity index (χ0v) is 11.7. The summed E-state index contributed by atoms with van der Waals surface area (Å²) >= 11 is 0. The van der Waals surface area contributed by atoms with Gasteiger partial charge in [0.05, 0.1) is 5.52 Å². The molecule has 1 heterocycles. The molecule has 19 heavy (non-hydrogen) atoms. The van der Waals surface area contributed by atoms with Crippen LogP contribution in [0.5, 0.6) is 0 Å². The number of hydrogen-bond donors (Lipinski definition) is 1. The van der Waals surface area contributed by atoms with Crippen molar-refractivity contribution in [2.45, 2.75) is 52.1 Å². The van der Waals surface area contributed by atoms with Gasteiger partial charge >= 0.3 is 5.76 Å². The molecule has 4 nitrogen and oxygen atoms in total. The van der Waals surface area contributed by atoms with E-state index in [-0.39, 0.29) is 11.8 Å². The van der Waals surface area contributed by atoms with Crippen LogP contribution in [0.25, 0.3) is 11.1 Å². The zero-order chi connectivity index (χ0) is 13.8. The van der Waals surface area contributed by atoms with Crippen LogP contribution in [0.15, 0.2) is 27.4 Å². The molecule has 0 radical (unpaired) electrons. The molecule has 2 rings (SSSR count). The number of aromatic nitrogens is 1. The average Bonchev–Trinajstić information content (AvgIpc) is 2.72. The number of rotatable bonds is 6. The Labute approximate surface area is 113 Å². The van der Waals surface area contributed by atoms with Crippen LogP contribution in [-0.4, -0.2) is 4.57 Å². The maximum Gasteiger partial charge on any atom is 0.419 e. The van der Waals surface area contributed by atoms with Crippen LogP contribution in [0.1, 0.15) is 51.1 Å². The van der Waals surface area contributed by atoms with Gasteiger partial charge in [0.15, 0.2) is 5.58 Å². The SMILES string of the molecule is CCCCC(N)c1ccc2c(c1)oc(=O)n2CCC. The molecule has 0 amide bonds. The first-order chi connectivity index (χ1) is 9.17. The van der Waals surface area contributed by atoms with E-state index in [1.165, 1.54) is 0 Å². The van der Waals surface area contributed by atoms with Gasteiger partial charge in [-0.05, 0) is 30.5 Å². The molecule has 2 N–H and O–H groups in total. The summed E-state index contributed by atoms with van der Waals surface area (Å²) in [5.41, 5.74) is 8.69. The summed E-state index contributed by atoms with van der Waals surface area (Å²) in [6.07, 6.45) is 4.12. The largest absolute Gasteiger partial charge is 0.419 e. The van der Waals surface area contributed by atoms with Crippen molar-refractivity contribution in [1.82, 2.24) is 4.57 Å². The lowest BCUT2D eigenvalue weighted by Crippen LogP contribution is -2.13. The summed E-state index contributed by atoms with van der Waals surface area (Å²) in [4.78, 5) is 11.7. The van der Waals surface area contributed by atoms with Gasteiger partial charge in [-0.3, -0.25) is 4.57 Å². The number of aryl methyl sites for hydroxylation is 1. The molecular formula is C15H22N2O2. The van der Waals surface area contributed by atoms with Crippen LogP contribution >= 0.6 is 0 Å². The van der Waals surface area contributed by atoms with Gasteiger partial charge in [0.25, 0.3) is 0 Å². The molecular weight excluding hydrogens is 240 g/mol. The Morgan fingerprint density at radius 2 is 2.11 bits per heavy atom. The first kappa shape index (κ1) is 13.9. The minimum Gasteiger partial charge on any atom is -0.408 e. The molecule has 0 saturated carbocycles. The molecule has 0 aliphatic carbocycles. The summed E-state index contributed by atoms with van der Waals surface area (Å²) in [5, 5.41) is 0. The lowest BCUT2D eigenvalue weighted by Gasteiger charge is -2.11. The zero-order valence-electron chi connectivity index (χ0n) is 11.7. The minimum atomic E-state index is -0.281. The van der Waals surface area contributed by atoms with Crippen molar-refractivity contribution in [3.63, 3.8) is 0 Å². The van der Waals surface area contributed by atoms with Crippen molar-refractivity contribution < 1.29 is 4.42 Å². The highest BCUT2D eigenvalue weighted by Gasteiger charge is 2.12. The van der Waals surface area contributed by atoms with Crippen molar-refractivity contribution in [2.24, 2.45) is 5.73 Å². The van der Waals surface area contributed by atoms with E-state index in [0.29, 0.717) is 12.1 Å². The monoisotopic (exact) mass is 262 g/mol. The molecule has 0 saturated heterocycles. The number of unbranched alkanes of at least 4 members (excludes halogenated alkanes) is 1. The summed E-state index contributed by atoms with van der Waals surface area (Å²) in [7, 11) is 0. The number of oxazole rings is 1. The van der Waals surface area contributed by atoms with E-state index in [1.54, 1.807) is 4.57 Å². The van der Waals surface area contributed by atoms with Crippen molar-refractivity contribution in [2.75, 3.05) is 0 Å². The van der Waals surface area contributed by atoms with Gasteiger partial charge in [-0.1, -0.05) is 32.8 Å². The molecule has 0 fully saturated rings. The van der Waals surface area contributed by atoms with Crippen LogP contribution in [0.4, 0.5) is 0 Å². The molecule has 1 unspecified atom stereocenters. The Bertz CT molecular complexity index is 598. The number of nitrogens with two attached hydrogens (primary N) is 1. The summed E-state index contributed by atoms with van der Waals surface area (Å²) in [6.45, 7) is 4.88. The Morgan fingerprint density at radius 1 is 1.32 bits per heavy atom. The van der Waals surface area contributed by atoms with Gasteiger partial charge in [-0.15, -0.1) is 0 Å². The molecule has 0 aliphatic heterocycles.